The Balaban J connectivity index is 1.90. The van der Waals surface area contributed by atoms with Gasteiger partial charge in [-0.1, -0.05) is 18.2 Å². The van der Waals surface area contributed by atoms with Crippen LogP contribution in [0, 0.1) is 0 Å². The number of fused-ring (bicyclic) bond motifs is 2. The average molecular weight is 243 g/mol. The summed E-state index contributed by atoms with van der Waals surface area (Å²) in [6.45, 7) is 0. The third-order valence-corrected chi connectivity index (χ3v) is 4.09. The number of benzene rings is 1. The minimum absolute atomic E-state index is 0.0263. The number of piperidine rings is 2. The van der Waals surface area contributed by atoms with Gasteiger partial charge in [0.25, 0.3) is 5.91 Å². The van der Waals surface area contributed by atoms with E-state index in [2.05, 4.69) is 0 Å². The Morgan fingerprint density at radius 2 is 1.89 bits per heavy atom. The van der Waals surface area contributed by atoms with Crippen molar-refractivity contribution in [2.45, 2.75) is 44.2 Å². The van der Waals surface area contributed by atoms with Gasteiger partial charge in [0, 0.05) is 18.0 Å². The van der Waals surface area contributed by atoms with Crippen LogP contribution < -0.4 is 0 Å². The average Bonchev–Trinajstić information content (AvgIpc) is 2.43. The van der Waals surface area contributed by atoms with Crippen molar-refractivity contribution >= 4 is 11.7 Å². The maximum Gasteiger partial charge on any atom is 0.254 e. The van der Waals surface area contributed by atoms with Gasteiger partial charge in [0.2, 0.25) is 0 Å². The number of rotatable bonds is 1. The first-order chi connectivity index (χ1) is 8.77. The molecule has 2 heterocycles. The van der Waals surface area contributed by atoms with Crippen molar-refractivity contribution in [1.82, 2.24) is 4.90 Å². The molecule has 3 heteroatoms. The maximum atomic E-state index is 12.5. The summed E-state index contributed by atoms with van der Waals surface area (Å²) in [4.78, 5) is 26.3. The molecule has 0 spiro atoms. The molecule has 94 valence electrons. The summed E-state index contributed by atoms with van der Waals surface area (Å²) in [7, 11) is 0. The van der Waals surface area contributed by atoms with E-state index in [0.29, 0.717) is 12.0 Å². The van der Waals surface area contributed by atoms with Crippen LogP contribution in [-0.2, 0) is 4.79 Å². The molecular formula is C15H17NO2. The lowest BCUT2D eigenvalue weighted by Gasteiger charge is -2.45. The van der Waals surface area contributed by atoms with E-state index in [9.17, 15) is 9.59 Å². The van der Waals surface area contributed by atoms with Crippen LogP contribution in [0.4, 0.5) is 0 Å². The van der Waals surface area contributed by atoms with Crippen molar-refractivity contribution in [3.8, 4) is 0 Å². The van der Waals surface area contributed by atoms with Crippen LogP contribution in [-0.4, -0.2) is 28.7 Å². The van der Waals surface area contributed by atoms with Gasteiger partial charge in [0.1, 0.15) is 0 Å². The fraction of sp³-hybridized carbons (Fsp3) is 0.467. The zero-order valence-electron chi connectivity index (χ0n) is 10.3. The molecule has 2 aliphatic rings. The highest BCUT2D eigenvalue weighted by Crippen LogP contribution is 2.33. The van der Waals surface area contributed by atoms with Gasteiger partial charge in [-0.3, -0.25) is 9.59 Å². The van der Waals surface area contributed by atoms with Gasteiger partial charge in [-0.15, -0.1) is 0 Å². The fourth-order valence-electron chi connectivity index (χ4n) is 3.19. The van der Waals surface area contributed by atoms with Crippen molar-refractivity contribution in [2.24, 2.45) is 0 Å². The second-order valence-corrected chi connectivity index (χ2v) is 5.18. The first-order valence-corrected chi connectivity index (χ1v) is 6.68. The van der Waals surface area contributed by atoms with Gasteiger partial charge >= 0.3 is 0 Å². The number of hydrogen-bond acceptors (Lipinski definition) is 2. The van der Waals surface area contributed by atoms with E-state index in [0.717, 1.165) is 25.7 Å². The molecule has 1 aromatic rings. The Labute approximate surface area is 107 Å². The van der Waals surface area contributed by atoms with E-state index in [1.807, 2.05) is 35.2 Å². The second-order valence-electron chi connectivity index (χ2n) is 5.18. The number of carbonyl (C=O) groups is 2. The molecule has 0 unspecified atom stereocenters. The number of hydrogen-bond donors (Lipinski definition) is 0. The van der Waals surface area contributed by atoms with Gasteiger partial charge in [0.05, 0.1) is 6.04 Å². The Morgan fingerprint density at radius 1 is 1.11 bits per heavy atom. The van der Waals surface area contributed by atoms with E-state index in [-0.39, 0.29) is 23.8 Å². The minimum atomic E-state index is -0.162. The van der Waals surface area contributed by atoms with Crippen LogP contribution in [0.15, 0.2) is 30.3 Å². The molecule has 0 radical (unpaired) electrons. The van der Waals surface area contributed by atoms with E-state index in [1.54, 1.807) is 0 Å². The molecule has 2 aliphatic heterocycles. The highest BCUT2D eigenvalue weighted by atomic mass is 16.2. The van der Waals surface area contributed by atoms with Crippen LogP contribution in [0.25, 0.3) is 0 Å². The van der Waals surface area contributed by atoms with Gasteiger partial charge in [-0.2, -0.15) is 0 Å². The van der Waals surface area contributed by atoms with Crippen LogP contribution in [0.1, 0.15) is 42.5 Å². The third kappa shape index (κ3) is 1.84. The van der Waals surface area contributed by atoms with Crippen molar-refractivity contribution in [1.29, 1.82) is 0 Å². The summed E-state index contributed by atoms with van der Waals surface area (Å²) < 4.78 is 0. The molecular weight excluding hydrogens is 226 g/mol. The molecule has 18 heavy (non-hydrogen) atoms. The van der Waals surface area contributed by atoms with Gasteiger partial charge in [-0.25, -0.2) is 0 Å². The van der Waals surface area contributed by atoms with Gasteiger partial charge in [0.15, 0.2) is 5.78 Å². The molecule has 2 saturated heterocycles. The molecule has 3 rings (SSSR count). The lowest BCUT2D eigenvalue weighted by atomic mass is 9.83. The number of Topliss-reactive ketones (excluding diaryl/α,β-unsaturated/α-hetero) is 1. The molecule has 3 nitrogen and oxygen atoms in total. The van der Waals surface area contributed by atoms with Crippen LogP contribution >= 0.6 is 0 Å². The number of nitrogens with zero attached hydrogens (tertiary/aromatic N) is 1. The summed E-state index contributed by atoms with van der Waals surface area (Å²) in [5.41, 5.74) is 0.698. The molecule has 0 N–H and O–H groups in total. The topological polar surface area (TPSA) is 37.4 Å². The summed E-state index contributed by atoms with van der Waals surface area (Å²) in [6, 6.07) is 9.41. The van der Waals surface area contributed by atoms with Crippen LogP contribution in [0.3, 0.4) is 0 Å². The molecule has 0 aromatic heterocycles. The van der Waals surface area contributed by atoms with E-state index in [4.69, 9.17) is 0 Å². The smallest absolute Gasteiger partial charge is 0.254 e. The third-order valence-electron chi connectivity index (χ3n) is 4.09. The largest absolute Gasteiger partial charge is 0.326 e. The fourth-order valence-corrected chi connectivity index (χ4v) is 3.19. The maximum absolute atomic E-state index is 12.5. The highest BCUT2D eigenvalue weighted by Gasteiger charge is 2.41. The second kappa shape index (κ2) is 4.56. The van der Waals surface area contributed by atoms with Gasteiger partial charge in [-0.05, 0) is 37.8 Å². The molecule has 1 amide bonds. The predicted octanol–water partition coefficient (Wildman–Crippen LogP) is 2.41. The summed E-state index contributed by atoms with van der Waals surface area (Å²) in [6.07, 6.45) is 4.44. The van der Waals surface area contributed by atoms with Crippen molar-refractivity contribution in [3.63, 3.8) is 0 Å². The Morgan fingerprint density at radius 3 is 2.67 bits per heavy atom. The molecule has 2 atom stereocenters. The first-order valence-electron chi connectivity index (χ1n) is 6.68. The van der Waals surface area contributed by atoms with Crippen LogP contribution in [0.2, 0.25) is 0 Å². The Hall–Kier alpha value is -1.64. The highest BCUT2D eigenvalue weighted by molar-refractivity contribution is 5.99. The standard InChI is InChI=1S/C15H17NO2/c17-14-10-9-12-7-4-8-13(14)16(12)15(18)11-5-2-1-3-6-11/h1-3,5-6,12-13H,4,7-10H2/t12-,13+/m0/s1. The lowest BCUT2D eigenvalue weighted by Crippen LogP contribution is -2.56. The van der Waals surface area contributed by atoms with E-state index >= 15 is 0 Å². The van der Waals surface area contributed by atoms with E-state index in [1.165, 1.54) is 0 Å². The summed E-state index contributed by atoms with van der Waals surface area (Å²) in [5, 5.41) is 0. The SMILES string of the molecule is O=C1CC[C@@H]2CCC[C@H]1N2C(=O)c1ccccc1. The molecule has 2 fully saturated rings. The first kappa shape index (κ1) is 11.5. The zero-order chi connectivity index (χ0) is 12.5. The summed E-state index contributed by atoms with van der Waals surface area (Å²) >= 11 is 0. The number of amides is 1. The minimum Gasteiger partial charge on any atom is -0.326 e. The Kier molecular flexibility index (Phi) is 2.90. The Bertz CT molecular complexity index is 469. The molecule has 1 aromatic carbocycles. The van der Waals surface area contributed by atoms with Crippen LogP contribution in [0.5, 0.6) is 0 Å². The normalized spacial score (nSPS) is 27.1. The summed E-state index contributed by atoms with van der Waals surface area (Å²) in [5.74, 6) is 0.272. The van der Waals surface area contributed by atoms with Gasteiger partial charge < -0.3 is 4.90 Å². The van der Waals surface area contributed by atoms with E-state index < -0.39 is 0 Å². The number of carbonyl (C=O) groups excluding carboxylic acids is 2. The number of ketones is 1. The zero-order valence-corrected chi connectivity index (χ0v) is 10.3. The molecule has 0 aliphatic carbocycles. The molecule has 0 saturated carbocycles. The van der Waals surface area contributed by atoms with Crippen molar-refractivity contribution < 1.29 is 9.59 Å². The molecule has 2 bridgehead atoms. The lowest BCUT2D eigenvalue weighted by molar-refractivity contribution is -0.129. The monoisotopic (exact) mass is 243 g/mol. The predicted molar refractivity (Wildman–Crippen MR) is 68.3 cm³/mol. The van der Waals surface area contributed by atoms with Crippen molar-refractivity contribution in [3.05, 3.63) is 35.9 Å². The quantitative estimate of drug-likeness (QED) is 0.759. The van der Waals surface area contributed by atoms with Crippen molar-refractivity contribution in [2.75, 3.05) is 0 Å².